The Hall–Kier alpha value is -2.83. The van der Waals surface area contributed by atoms with E-state index in [0.717, 1.165) is 30.5 Å². The molecule has 2 aliphatic rings. The zero-order valence-electron chi connectivity index (χ0n) is 18.0. The summed E-state index contributed by atoms with van der Waals surface area (Å²) in [5.41, 5.74) is 0.791. The highest BCUT2D eigenvalue weighted by Crippen LogP contribution is 2.41. The van der Waals surface area contributed by atoms with Gasteiger partial charge in [-0.15, -0.1) is 0 Å². The van der Waals surface area contributed by atoms with Crippen LogP contribution in [0.15, 0.2) is 54.6 Å². The van der Waals surface area contributed by atoms with Crippen LogP contribution in [-0.2, 0) is 22.3 Å². The Bertz CT molecular complexity index is 973. The first-order valence-electron chi connectivity index (χ1n) is 11.0. The maximum Gasteiger partial charge on any atom is 0.416 e. The van der Waals surface area contributed by atoms with E-state index in [1.165, 1.54) is 6.07 Å². The first-order valence-corrected chi connectivity index (χ1v) is 11.0. The van der Waals surface area contributed by atoms with Gasteiger partial charge in [0.2, 0.25) is 11.8 Å². The van der Waals surface area contributed by atoms with Gasteiger partial charge in [0, 0.05) is 26.1 Å². The highest BCUT2D eigenvalue weighted by atomic mass is 19.4. The number of carbonyl (C=O) groups excluding carboxylic acids is 2. The minimum absolute atomic E-state index is 0.0371. The van der Waals surface area contributed by atoms with E-state index in [0.29, 0.717) is 24.9 Å². The molecule has 2 aromatic rings. The van der Waals surface area contributed by atoms with Crippen LogP contribution in [0.2, 0.25) is 0 Å². The molecule has 4 rings (SSSR count). The zero-order chi connectivity index (χ0) is 22.9. The third kappa shape index (κ3) is 4.97. The molecule has 0 radical (unpaired) electrons. The van der Waals surface area contributed by atoms with Gasteiger partial charge in [-0.1, -0.05) is 42.5 Å². The van der Waals surface area contributed by atoms with Crippen molar-refractivity contribution in [2.45, 2.75) is 44.4 Å². The summed E-state index contributed by atoms with van der Waals surface area (Å²) < 4.78 is 39.7. The SMILES string of the molecule is CN(Cc1ccccc1)C(=O)C1CCC(c2cccc(C(F)(F)F)c2)N(C(=O)C2CC2)C1. The number of nitrogens with zero attached hydrogens (tertiary/aromatic N) is 2. The van der Waals surface area contributed by atoms with Crippen molar-refractivity contribution in [1.29, 1.82) is 0 Å². The van der Waals surface area contributed by atoms with E-state index in [9.17, 15) is 22.8 Å². The lowest BCUT2D eigenvalue weighted by Gasteiger charge is -2.40. The first kappa shape index (κ1) is 22.4. The highest BCUT2D eigenvalue weighted by molar-refractivity contribution is 5.84. The van der Waals surface area contributed by atoms with Gasteiger partial charge in [-0.25, -0.2) is 0 Å². The molecule has 0 N–H and O–H groups in total. The van der Waals surface area contributed by atoms with Crippen LogP contribution < -0.4 is 0 Å². The van der Waals surface area contributed by atoms with E-state index in [1.807, 2.05) is 30.3 Å². The van der Waals surface area contributed by atoms with E-state index in [2.05, 4.69) is 0 Å². The van der Waals surface area contributed by atoms with Gasteiger partial charge in [-0.3, -0.25) is 9.59 Å². The second-order valence-electron chi connectivity index (χ2n) is 8.86. The van der Waals surface area contributed by atoms with E-state index >= 15 is 0 Å². The van der Waals surface area contributed by atoms with Crippen LogP contribution in [0.3, 0.4) is 0 Å². The number of halogens is 3. The first-order chi connectivity index (χ1) is 15.2. The van der Waals surface area contributed by atoms with Crippen molar-refractivity contribution in [1.82, 2.24) is 9.80 Å². The van der Waals surface area contributed by atoms with Crippen LogP contribution in [0.5, 0.6) is 0 Å². The average molecular weight is 444 g/mol. The molecule has 2 fully saturated rings. The van der Waals surface area contributed by atoms with Crippen LogP contribution in [0.4, 0.5) is 13.2 Å². The van der Waals surface area contributed by atoms with Crippen molar-refractivity contribution in [2.75, 3.05) is 13.6 Å². The van der Waals surface area contributed by atoms with Gasteiger partial charge in [-0.05, 0) is 48.9 Å². The van der Waals surface area contributed by atoms with Crippen molar-refractivity contribution < 1.29 is 22.8 Å². The Morgan fingerprint density at radius 1 is 0.969 bits per heavy atom. The number of amides is 2. The fourth-order valence-corrected chi connectivity index (χ4v) is 4.50. The molecule has 0 spiro atoms. The molecule has 0 aromatic heterocycles. The molecule has 4 nitrogen and oxygen atoms in total. The van der Waals surface area contributed by atoms with Gasteiger partial charge in [0.05, 0.1) is 17.5 Å². The lowest BCUT2D eigenvalue weighted by atomic mass is 9.87. The average Bonchev–Trinajstić information content (AvgIpc) is 3.63. The number of hydrogen-bond donors (Lipinski definition) is 0. The zero-order valence-corrected chi connectivity index (χ0v) is 18.0. The summed E-state index contributed by atoms with van der Waals surface area (Å²) in [6.07, 6.45) is -1.83. The standard InChI is InChI=1S/C25H27F3N2O2/c1-29(15-17-6-3-2-4-7-17)23(31)20-12-13-22(30(16-20)24(32)18-10-11-18)19-8-5-9-21(14-19)25(26,27)28/h2-9,14,18,20,22H,10-13,15-16H2,1H3. The molecule has 2 amide bonds. The monoisotopic (exact) mass is 444 g/mol. The summed E-state index contributed by atoms with van der Waals surface area (Å²) in [6, 6.07) is 14.5. The number of hydrogen-bond acceptors (Lipinski definition) is 2. The smallest absolute Gasteiger partial charge is 0.341 e. The molecule has 2 atom stereocenters. The molecular formula is C25H27F3N2O2. The van der Waals surface area contributed by atoms with Gasteiger partial charge < -0.3 is 9.80 Å². The normalized spacial score (nSPS) is 21.3. The molecule has 170 valence electrons. The molecule has 0 bridgehead atoms. The van der Waals surface area contributed by atoms with Gasteiger partial charge in [-0.2, -0.15) is 13.2 Å². The Kier molecular flexibility index (Phi) is 6.26. The molecule has 2 unspecified atom stereocenters. The Morgan fingerprint density at radius 3 is 2.31 bits per heavy atom. The van der Waals surface area contributed by atoms with Crippen molar-refractivity contribution in [3.63, 3.8) is 0 Å². The predicted molar refractivity (Wildman–Crippen MR) is 114 cm³/mol. The largest absolute Gasteiger partial charge is 0.416 e. The fraction of sp³-hybridized carbons (Fsp3) is 0.440. The van der Waals surface area contributed by atoms with Crippen LogP contribution >= 0.6 is 0 Å². The van der Waals surface area contributed by atoms with Crippen LogP contribution in [-0.4, -0.2) is 35.2 Å². The molecule has 1 saturated heterocycles. The molecule has 32 heavy (non-hydrogen) atoms. The maximum absolute atomic E-state index is 13.2. The molecule has 7 heteroatoms. The van der Waals surface area contributed by atoms with Gasteiger partial charge in [0.1, 0.15) is 0 Å². The maximum atomic E-state index is 13.2. The van der Waals surface area contributed by atoms with Crippen LogP contribution in [0.25, 0.3) is 0 Å². The van der Waals surface area contributed by atoms with E-state index in [-0.39, 0.29) is 30.2 Å². The number of benzene rings is 2. The molecule has 2 aromatic carbocycles. The van der Waals surface area contributed by atoms with Crippen LogP contribution in [0.1, 0.15) is 48.4 Å². The summed E-state index contributed by atoms with van der Waals surface area (Å²) in [7, 11) is 1.75. The van der Waals surface area contributed by atoms with Crippen molar-refractivity contribution in [2.24, 2.45) is 11.8 Å². The van der Waals surface area contributed by atoms with Crippen molar-refractivity contribution in [3.05, 3.63) is 71.3 Å². The second kappa shape index (κ2) is 8.96. The molecule has 1 saturated carbocycles. The van der Waals surface area contributed by atoms with E-state index < -0.39 is 17.8 Å². The number of rotatable bonds is 5. The third-order valence-electron chi connectivity index (χ3n) is 6.38. The highest BCUT2D eigenvalue weighted by Gasteiger charge is 2.42. The quantitative estimate of drug-likeness (QED) is 0.647. The number of likely N-dealkylation sites (tertiary alicyclic amines) is 1. The molecule has 1 aliphatic heterocycles. The van der Waals surface area contributed by atoms with E-state index in [1.54, 1.807) is 22.9 Å². The summed E-state index contributed by atoms with van der Waals surface area (Å²) >= 11 is 0. The van der Waals surface area contributed by atoms with E-state index in [4.69, 9.17) is 0 Å². The second-order valence-corrected chi connectivity index (χ2v) is 8.86. The van der Waals surface area contributed by atoms with Gasteiger partial charge >= 0.3 is 6.18 Å². The Balaban J connectivity index is 1.52. The number of piperidine rings is 1. The number of alkyl halides is 3. The van der Waals surface area contributed by atoms with Crippen LogP contribution in [0, 0.1) is 11.8 Å². The van der Waals surface area contributed by atoms with Crippen molar-refractivity contribution >= 4 is 11.8 Å². The minimum atomic E-state index is -4.44. The van der Waals surface area contributed by atoms with Crippen molar-refractivity contribution in [3.8, 4) is 0 Å². The molecule has 1 heterocycles. The minimum Gasteiger partial charge on any atom is -0.341 e. The third-order valence-corrected chi connectivity index (χ3v) is 6.38. The summed E-state index contributed by atoms with van der Waals surface area (Å²) in [6.45, 7) is 0.720. The molecule has 1 aliphatic carbocycles. The van der Waals surface area contributed by atoms with Gasteiger partial charge in [0.25, 0.3) is 0 Å². The topological polar surface area (TPSA) is 40.6 Å². The summed E-state index contributed by atoms with van der Waals surface area (Å²) in [5, 5.41) is 0. The summed E-state index contributed by atoms with van der Waals surface area (Å²) in [5.74, 6) is -0.506. The summed E-state index contributed by atoms with van der Waals surface area (Å²) in [4.78, 5) is 29.5. The lowest BCUT2D eigenvalue weighted by Crippen LogP contribution is -2.47. The fourth-order valence-electron chi connectivity index (χ4n) is 4.50. The molecular weight excluding hydrogens is 417 g/mol. The lowest BCUT2D eigenvalue weighted by molar-refractivity contribution is -0.143. The van der Waals surface area contributed by atoms with Gasteiger partial charge in [0.15, 0.2) is 0 Å². The number of carbonyl (C=O) groups is 2. The Labute approximate surface area is 186 Å². The Morgan fingerprint density at radius 2 is 1.66 bits per heavy atom. The predicted octanol–water partition coefficient (Wildman–Crippen LogP) is 5.05.